The summed E-state index contributed by atoms with van der Waals surface area (Å²) in [6, 6.07) is 9.17. The Kier molecular flexibility index (Phi) is 7.41. The Hall–Kier alpha value is -2.61. The predicted octanol–water partition coefficient (Wildman–Crippen LogP) is 2.36. The third-order valence-electron chi connectivity index (χ3n) is 2.92. The van der Waals surface area contributed by atoms with Crippen molar-refractivity contribution in [3.63, 3.8) is 0 Å². The van der Waals surface area contributed by atoms with Crippen LogP contribution in [-0.2, 0) is 14.3 Å². The number of hydrogen-bond acceptors (Lipinski definition) is 4. The number of carbonyl (C=O) groups excluding carboxylic acids is 2. The van der Waals surface area contributed by atoms with E-state index in [1.54, 1.807) is 18.2 Å². The van der Waals surface area contributed by atoms with Crippen molar-refractivity contribution in [2.45, 2.75) is 26.7 Å². The van der Waals surface area contributed by atoms with E-state index < -0.39 is 5.97 Å². The summed E-state index contributed by atoms with van der Waals surface area (Å²) in [5.74, 6) is -1.16. The molecule has 0 bridgehead atoms. The first-order chi connectivity index (χ1) is 10.6. The maximum atomic E-state index is 11.8. The number of nitrogens with zero attached hydrogens (tertiary/aromatic N) is 1. The van der Waals surface area contributed by atoms with E-state index in [0.29, 0.717) is 6.54 Å². The average molecular weight is 300 g/mol. The van der Waals surface area contributed by atoms with Gasteiger partial charge >= 0.3 is 5.97 Å². The molecular formula is C17H20N2O3. The predicted molar refractivity (Wildman–Crippen MR) is 83.6 cm³/mol. The van der Waals surface area contributed by atoms with Gasteiger partial charge in [0.2, 0.25) is 0 Å². The van der Waals surface area contributed by atoms with Gasteiger partial charge in [0, 0.05) is 6.54 Å². The monoisotopic (exact) mass is 300 g/mol. The van der Waals surface area contributed by atoms with Crippen molar-refractivity contribution in [1.82, 2.24) is 5.32 Å². The van der Waals surface area contributed by atoms with Crippen molar-refractivity contribution in [2.75, 3.05) is 13.2 Å². The fourth-order valence-electron chi connectivity index (χ4n) is 1.63. The number of aryl methyl sites for hydroxylation is 1. The third-order valence-corrected chi connectivity index (χ3v) is 2.92. The molecule has 5 heteroatoms. The van der Waals surface area contributed by atoms with Crippen molar-refractivity contribution in [3.05, 3.63) is 41.0 Å². The van der Waals surface area contributed by atoms with E-state index in [-0.39, 0.29) is 18.1 Å². The number of carbonyl (C=O) groups is 2. The lowest BCUT2D eigenvalue weighted by Gasteiger charge is -2.05. The molecule has 0 aliphatic rings. The molecule has 0 unspecified atom stereocenters. The van der Waals surface area contributed by atoms with Crippen LogP contribution in [0, 0.1) is 18.3 Å². The molecule has 1 rings (SSSR count). The second-order valence-electron chi connectivity index (χ2n) is 4.86. The highest BCUT2D eigenvalue weighted by atomic mass is 16.5. The molecule has 1 amide bonds. The number of benzene rings is 1. The molecule has 0 aliphatic carbocycles. The third kappa shape index (κ3) is 6.23. The molecule has 22 heavy (non-hydrogen) atoms. The zero-order valence-corrected chi connectivity index (χ0v) is 12.9. The summed E-state index contributed by atoms with van der Waals surface area (Å²) in [5.41, 5.74) is 1.68. The number of hydrogen-bond donors (Lipinski definition) is 1. The van der Waals surface area contributed by atoms with Crippen molar-refractivity contribution in [2.24, 2.45) is 0 Å². The molecule has 0 saturated carbocycles. The molecule has 0 aliphatic heterocycles. The first-order valence-corrected chi connectivity index (χ1v) is 7.19. The molecule has 0 heterocycles. The van der Waals surface area contributed by atoms with Crippen LogP contribution in [-0.4, -0.2) is 25.0 Å². The minimum Gasteiger partial charge on any atom is -0.451 e. The van der Waals surface area contributed by atoms with Gasteiger partial charge in [-0.25, -0.2) is 4.79 Å². The Morgan fingerprint density at radius 2 is 2.00 bits per heavy atom. The van der Waals surface area contributed by atoms with Crippen LogP contribution in [0.15, 0.2) is 29.8 Å². The van der Waals surface area contributed by atoms with Crippen LogP contribution < -0.4 is 5.32 Å². The van der Waals surface area contributed by atoms with E-state index in [1.807, 2.05) is 26.0 Å². The van der Waals surface area contributed by atoms with Crippen molar-refractivity contribution in [1.29, 1.82) is 5.26 Å². The minimum absolute atomic E-state index is 0.134. The number of ether oxygens (including phenoxy) is 1. The largest absolute Gasteiger partial charge is 0.451 e. The second kappa shape index (κ2) is 9.35. The van der Waals surface area contributed by atoms with E-state index in [0.717, 1.165) is 24.0 Å². The maximum absolute atomic E-state index is 11.8. The number of unbranched alkanes of at least 4 members (excludes halogenated alkanes) is 1. The number of rotatable bonds is 7. The fraction of sp³-hybridized carbons (Fsp3) is 0.353. The van der Waals surface area contributed by atoms with E-state index in [1.165, 1.54) is 6.08 Å². The summed E-state index contributed by atoms with van der Waals surface area (Å²) in [6.45, 7) is 4.14. The van der Waals surface area contributed by atoms with Crippen LogP contribution >= 0.6 is 0 Å². The standard InChI is InChI=1S/C17H20N2O3/c1-3-4-9-19-16(20)12-22-17(21)15(11-18)10-14-7-5-13(2)6-8-14/h5-8,10H,3-4,9,12H2,1-2H3,(H,19,20)/b15-10+. The normalized spacial score (nSPS) is 10.7. The molecule has 1 aromatic carbocycles. The van der Waals surface area contributed by atoms with Crippen LogP contribution in [0.2, 0.25) is 0 Å². The van der Waals surface area contributed by atoms with Gasteiger partial charge in [-0.05, 0) is 25.0 Å². The molecule has 0 fully saturated rings. The highest BCUT2D eigenvalue weighted by Gasteiger charge is 2.12. The number of esters is 1. The number of nitriles is 1. The maximum Gasteiger partial charge on any atom is 0.349 e. The lowest BCUT2D eigenvalue weighted by Crippen LogP contribution is -2.29. The SMILES string of the molecule is CCCCNC(=O)COC(=O)/C(C#N)=C/c1ccc(C)cc1. The first kappa shape index (κ1) is 17.4. The lowest BCUT2D eigenvalue weighted by molar-refractivity contribution is -0.144. The zero-order chi connectivity index (χ0) is 16.4. The Labute approximate surface area is 130 Å². The highest BCUT2D eigenvalue weighted by Crippen LogP contribution is 2.09. The Balaban J connectivity index is 2.56. The van der Waals surface area contributed by atoms with Crippen LogP contribution in [0.3, 0.4) is 0 Å². The summed E-state index contributed by atoms with van der Waals surface area (Å²) in [5, 5.41) is 11.7. The quantitative estimate of drug-likeness (QED) is 0.363. The summed E-state index contributed by atoms with van der Waals surface area (Å²) in [6.07, 6.45) is 3.28. The molecule has 0 radical (unpaired) electrons. The van der Waals surface area contributed by atoms with Gasteiger partial charge in [-0.3, -0.25) is 4.79 Å². The number of amides is 1. The minimum atomic E-state index is -0.797. The van der Waals surface area contributed by atoms with Gasteiger partial charge in [-0.1, -0.05) is 43.2 Å². The van der Waals surface area contributed by atoms with E-state index in [2.05, 4.69) is 5.32 Å². The van der Waals surface area contributed by atoms with Crippen LogP contribution in [0.4, 0.5) is 0 Å². The molecular weight excluding hydrogens is 280 g/mol. The van der Waals surface area contributed by atoms with E-state index in [4.69, 9.17) is 10.00 Å². The molecule has 0 atom stereocenters. The molecule has 1 N–H and O–H groups in total. The van der Waals surface area contributed by atoms with Gasteiger partial charge < -0.3 is 10.1 Å². The van der Waals surface area contributed by atoms with Gasteiger partial charge in [0.25, 0.3) is 5.91 Å². The molecule has 0 aromatic heterocycles. The average Bonchev–Trinajstić information content (AvgIpc) is 2.52. The Morgan fingerprint density at radius 3 is 2.59 bits per heavy atom. The fourth-order valence-corrected chi connectivity index (χ4v) is 1.63. The smallest absolute Gasteiger partial charge is 0.349 e. The van der Waals surface area contributed by atoms with Crippen molar-refractivity contribution < 1.29 is 14.3 Å². The number of nitrogens with one attached hydrogen (secondary N) is 1. The summed E-state index contributed by atoms with van der Waals surface area (Å²) >= 11 is 0. The Bertz CT molecular complexity index is 583. The molecule has 5 nitrogen and oxygen atoms in total. The summed E-state index contributed by atoms with van der Waals surface area (Å²) in [7, 11) is 0. The van der Waals surface area contributed by atoms with Crippen molar-refractivity contribution >= 4 is 18.0 Å². The summed E-state index contributed by atoms with van der Waals surface area (Å²) in [4.78, 5) is 23.2. The van der Waals surface area contributed by atoms with Gasteiger partial charge in [0.1, 0.15) is 11.6 Å². The second-order valence-corrected chi connectivity index (χ2v) is 4.86. The zero-order valence-electron chi connectivity index (χ0n) is 12.9. The molecule has 1 aromatic rings. The molecule has 0 saturated heterocycles. The molecule has 116 valence electrons. The van der Waals surface area contributed by atoms with E-state index >= 15 is 0 Å². The van der Waals surface area contributed by atoms with E-state index in [9.17, 15) is 9.59 Å². The van der Waals surface area contributed by atoms with Gasteiger partial charge in [-0.15, -0.1) is 0 Å². The van der Waals surface area contributed by atoms with Crippen LogP contribution in [0.25, 0.3) is 6.08 Å². The van der Waals surface area contributed by atoms with Crippen LogP contribution in [0.1, 0.15) is 30.9 Å². The van der Waals surface area contributed by atoms with Gasteiger partial charge in [-0.2, -0.15) is 5.26 Å². The highest BCUT2D eigenvalue weighted by molar-refractivity contribution is 5.98. The first-order valence-electron chi connectivity index (χ1n) is 7.19. The van der Waals surface area contributed by atoms with Gasteiger partial charge in [0.05, 0.1) is 0 Å². The summed E-state index contributed by atoms with van der Waals surface area (Å²) < 4.78 is 4.84. The topological polar surface area (TPSA) is 79.2 Å². The van der Waals surface area contributed by atoms with Crippen LogP contribution in [0.5, 0.6) is 0 Å². The van der Waals surface area contributed by atoms with Gasteiger partial charge in [0.15, 0.2) is 6.61 Å². The molecule has 0 spiro atoms. The lowest BCUT2D eigenvalue weighted by atomic mass is 10.1. The Morgan fingerprint density at radius 1 is 1.32 bits per heavy atom. The van der Waals surface area contributed by atoms with Crippen molar-refractivity contribution in [3.8, 4) is 6.07 Å².